The molecule has 0 heterocycles. The van der Waals surface area contributed by atoms with E-state index in [1.165, 1.54) is 17.0 Å². The van der Waals surface area contributed by atoms with Gasteiger partial charge in [0.15, 0.2) is 0 Å². The molecule has 1 saturated carbocycles. The van der Waals surface area contributed by atoms with Gasteiger partial charge in [-0.15, -0.1) is 0 Å². The number of sulfonamides is 1. The third kappa shape index (κ3) is 7.68. The maximum absolute atomic E-state index is 14.1. The van der Waals surface area contributed by atoms with Crippen LogP contribution in [0.3, 0.4) is 0 Å². The highest BCUT2D eigenvalue weighted by atomic mass is 35.5. The molecule has 41 heavy (non-hydrogen) atoms. The van der Waals surface area contributed by atoms with E-state index in [4.69, 9.17) is 11.6 Å². The molecule has 1 aliphatic rings. The fraction of sp³-hybridized carbons (Fsp3) is 0.375. The Kier molecular flexibility index (Phi) is 10.1. The van der Waals surface area contributed by atoms with Gasteiger partial charge in [-0.05, 0) is 75.1 Å². The number of aryl methyl sites for hydroxylation is 2. The number of anilines is 1. The van der Waals surface area contributed by atoms with E-state index in [1.807, 2.05) is 31.2 Å². The number of nitrogens with zero attached hydrogens (tertiary/aromatic N) is 2. The molecule has 7 nitrogen and oxygen atoms in total. The minimum Gasteiger partial charge on any atom is -0.352 e. The topological polar surface area (TPSA) is 86.8 Å². The van der Waals surface area contributed by atoms with Crippen LogP contribution in [0.5, 0.6) is 0 Å². The summed E-state index contributed by atoms with van der Waals surface area (Å²) in [5, 5.41) is 3.59. The van der Waals surface area contributed by atoms with Gasteiger partial charge in [-0.25, -0.2) is 8.42 Å². The van der Waals surface area contributed by atoms with Gasteiger partial charge in [0.05, 0.1) is 10.6 Å². The molecular formula is C32H38ClN3O4S. The van der Waals surface area contributed by atoms with Crippen molar-refractivity contribution < 1.29 is 18.0 Å². The van der Waals surface area contributed by atoms with Crippen LogP contribution in [0.15, 0.2) is 77.7 Å². The number of amides is 2. The first-order valence-electron chi connectivity index (χ1n) is 14.1. The number of benzene rings is 3. The van der Waals surface area contributed by atoms with Gasteiger partial charge in [-0.1, -0.05) is 78.9 Å². The molecule has 1 N–H and O–H groups in total. The SMILES string of the molecule is Cc1ccc(CN(C(=O)CN(c2ccc(Cl)cc2C)S(=O)(=O)c2ccccc2)[C@H](C)C(=O)NC2CCCCC2)cc1. The van der Waals surface area contributed by atoms with Crippen molar-refractivity contribution in [3.63, 3.8) is 0 Å². The lowest BCUT2D eigenvalue weighted by Crippen LogP contribution is -2.53. The van der Waals surface area contributed by atoms with E-state index in [-0.39, 0.29) is 23.4 Å². The normalized spacial score (nSPS) is 14.7. The number of nitrogens with one attached hydrogen (secondary N) is 1. The summed E-state index contributed by atoms with van der Waals surface area (Å²) in [6, 6.07) is 19.9. The number of hydrogen-bond acceptors (Lipinski definition) is 4. The largest absolute Gasteiger partial charge is 0.352 e. The Bertz CT molecular complexity index is 1460. The molecule has 3 aromatic rings. The van der Waals surface area contributed by atoms with Gasteiger partial charge in [0.1, 0.15) is 12.6 Å². The number of carbonyl (C=O) groups is 2. The molecule has 1 atom stereocenters. The van der Waals surface area contributed by atoms with Crippen molar-refractivity contribution in [3.05, 3.63) is 94.5 Å². The van der Waals surface area contributed by atoms with Gasteiger partial charge in [0.2, 0.25) is 11.8 Å². The van der Waals surface area contributed by atoms with E-state index < -0.39 is 28.5 Å². The second-order valence-electron chi connectivity index (χ2n) is 10.8. The van der Waals surface area contributed by atoms with Crippen molar-refractivity contribution >= 4 is 39.1 Å². The zero-order chi connectivity index (χ0) is 29.6. The van der Waals surface area contributed by atoms with E-state index in [9.17, 15) is 18.0 Å². The Labute approximate surface area is 248 Å². The van der Waals surface area contributed by atoms with Crippen LogP contribution in [-0.4, -0.2) is 43.8 Å². The van der Waals surface area contributed by atoms with Crippen molar-refractivity contribution in [1.82, 2.24) is 10.2 Å². The minimum absolute atomic E-state index is 0.0651. The van der Waals surface area contributed by atoms with Crippen LogP contribution in [0.2, 0.25) is 5.02 Å². The molecule has 3 aromatic carbocycles. The van der Waals surface area contributed by atoms with Crippen molar-refractivity contribution in [2.45, 2.75) is 76.4 Å². The zero-order valence-electron chi connectivity index (χ0n) is 23.8. The van der Waals surface area contributed by atoms with Gasteiger partial charge in [-0.3, -0.25) is 13.9 Å². The molecule has 1 aliphatic carbocycles. The van der Waals surface area contributed by atoms with E-state index in [0.717, 1.165) is 47.5 Å². The average Bonchev–Trinajstić information content (AvgIpc) is 2.96. The summed E-state index contributed by atoms with van der Waals surface area (Å²) in [6.07, 6.45) is 5.14. The van der Waals surface area contributed by atoms with E-state index in [0.29, 0.717) is 16.3 Å². The van der Waals surface area contributed by atoms with Crippen molar-refractivity contribution in [2.24, 2.45) is 0 Å². The van der Waals surface area contributed by atoms with E-state index >= 15 is 0 Å². The quantitative estimate of drug-likeness (QED) is 0.311. The Balaban J connectivity index is 1.69. The van der Waals surface area contributed by atoms with Gasteiger partial charge >= 0.3 is 0 Å². The summed E-state index contributed by atoms with van der Waals surface area (Å²) in [5.74, 6) is -0.719. The molecule has 0 radical (unpaired) electrons. The zero-order valence-corrected chi connectivity index (χ0v) is 25.4. The lowest BCUT2D eigenvalue weighted by atomic mass is 9.95. The van der Waals surface area contributed by atoms with Crippen LogP contribution in [0, 0.1) is 13.8 Å². The Morgan fingerprint density at radius 2 is 1.61 bits per heavy atom. The van der Waals surface area contributed by atoms with Crippen LogP contribution in [-0.2, 0) is 26.2 Å². The van der Waals surface area contributed by atoms with Gasteiger partial charge in [0.25, 0.3) is 10.0 Å². The molecule has 2 amide bonds. The molecule has 1 fully saturated rings. The summed E-state index contributed by atoms with van der Waals surface area (Å²) in [6.45, 7) is 5.12. The number of hydrogen-bond donors (Lipinski definition) is 1. The second-order valence-corrected chi connectivity index (χ2v) is 13.1. The van der Waals surface area contributed by atoms with Gasteiger partial charge in [0, 0.05) is 17.6 Å². The standard InChI is InChI=1S/C32H38ClN3O4S/c1-23-14-16-26(17-15-23)21-35(25(3)32(38)34-28-10-6-4-7-11-28)31(37)22-36(30-19-18-27(33)20-24(30)2)41(39,40)29-12-8-5-9-13-29/h5,8-9,12-20,25,28H,4,6-7,10-11,21-22H2,1-3H3,(H,34,38)/t25-/m1/s1. The van der Waals surface area contributed by atoms with Crippen LogP contribution in [0.4, 0.5) is 5.69 Å². The Morgan fingerprint density at radius 3 is 2.24 bits per heavy atom. The first kappa shape index (κ1) is 30.6. The molecule has 0 saturated heterocycles. The summed E-state index contributed by atoms with van der Waals surface area (Å²) in [7, 11) is -4.12. The Hall–Kier alpha value is -3.36. The highest BCUT2D eigenvalue weighted by Gasteiger charge is 2.33. The molecule has 4 rings (SSSR count). The van der Waals surface area contributed by atoms with E-state index in [1.54, 1.807) is 50.2 Å². The van der Waals surface area contributed by atoms with Crippen LogP contribution in [0.1, 0.15) is 55.7 Å². The molecule has 9 heteroatoms. The summed E-state index contributed by atoms with van der Waals surface area (Å²) < 4.78 is 29.0. The number of halogens is 1. The summed E-state index contributed by atoms with van der Waals surface area (Å²) in [5.41, 5.74) is 2.88. The van der Waals surface area contributed by atoms with Gasteiger partial charge < -0.3 is 10.2 Å². The third-order valence-electron chi connectivity index (χ3n) is 7.63. The molecular weight excluding hydrogens is 558 g/mol. The summed E-state index contributed by atoms with van der Waals surface area (Å²) >= 11 is 6.18. The van der Waals surface area contributed by atoms with Crippen molar-refractivity contribution in [2.75, 3.05) is 10.8 Å². The first-order valence-corrected chi connectivity index (χ1v) is 15.9. The fourth-order valence-corrected chi connectivity index (χ4v) is 6.90. The van der Waals surface area contributed by atoms with Crippen molar-refractivity contribution in [3.8, 4) is 0 Å². The number of carbonyl (C=O) groups excluding carboxylic acids is 2. The Morgan fingerprint density at radius 1 is 0.951 bits per heavy atom. The second kappa shape index (κ2) is 13.5. The van der Waals surface area contributed by atoms with Crippen LogP contribution in [0.25, 0.3) is 0 Å². The van der Waals surface area contributed by atoms with E-state index in [2.05, 4.69) is 5.32 Å². The molecule has 0 spiro atoms. The molecule has 218 valence electrons. The lowest BCUT2D eigenvalue weighted by Gasteiger charge is -2.33. The predicted molar refractivity (Wildman–Crippen MR) is 163 cm³/mol. The highest BCUT2D eigenvalue weighted by molar-refractivity contribution is 7.92. The van der Waals surface area contributed by atoms with Crippen LogP contribution < -0.4 is 9.62 Å². The first-order chi connectivity index (χ1) is 19.6. The third-order valence-corrected chi connectivity index (χ3v) is 9.64. The van der Waals surface area contributed by atoms with Crippen LogP contribution >= 0.6 is 11.6 Å². The molecule has 0 aliphatic heterocycles. The smallest absolute Gasteiger partial charge is 0.264 e. The lowest BCUT2D eigenvalue weighted by molar-refractivity contribution is -0.139. The highest BCUT2D eigenvalue weighted by Crippen LogP contribution is 2.29. The fourth-order valence-electron chi connectivity index (χ4n) is 5.17. The predicted octanol–water partition coefficient (Wildman–Crippen LogP) is 6.02. The number of rotatable bonds is 10. The summed E-state index contributed by atoms with van der Waals surface area (Å²) in [4.78, 5) is 29.1. The maximum Gasteiger partial charge on any atom is 0.264 e. The molecule has 0 aromatic heterocycles. The van der Waals surface area contributed by atoms with Gasteiger partial charge in [-0.2, -0.15) is 0 Å². The maximum atomic E-state index is 14.1. The average molecular weight is 596 g/mol. The molecule has 0 bridgehead atoms. The minimum atomic E-state index is -4.12. The molecule has 0 unspecified atom stereocenters. The van der Waals surface area contributed by atoms with Crippen molar-refractivity contribution in [1.29, 1.82) is 0 Å². The monoisotopic (exact) mass is 595 g/mol.